The molecule has 1 heterocycles. The highest BCUT2D eigenvalue weighted by molar-refractivity contribution is 7.80. The number of carbonyl (C=O) groups is 1. The average Bonchev–Trinajstić information content (AvgIpc) is 2.38. The van der Waals surface area contributed by atoms with E-state index >= 15 is 0 Å². The highest BCUT2D eigenvalue weighted by Crippen LogP contribution is 2.12. The van der Waals surface area contributed by atoms with Crippen LogP contribution in [-0.4, -0.2) is 41.2 Å². The summed E-state index contributed by atoms with van der Waals surface area (Å²) in [5, 5.41) is 3.78. The summed E-state index contributed by atoms with van der Waals surface area (Å²) >= 11 is 11.1. The van der Waals surface area contributed by atoms with Crippen LogP contribution in [0.15, 0.2) is 24.3 Å². The van der Waals surface area contributed by atoms with E-state index in [0.717, 1.165) is 0 Å². The Labute approximate surface area is 129 Å². The molecule has 0 spiro atoms. The van der Waals surface area contributed by atoms with Crippen LogP contribution < -0.4 is 5.32 Å². The highest BCUT2D eigenvalue weighted by Gasteiger charge is 2.24. The molecule has 1 aromatic rings. The predicted octanol–water partition coefficient (Wildman–Crippen LogP) is 2.46. The molecular formula is C14H17ClN2O2S. The lowest BCUT2D eigenvalue weighted by Gasteiger charge is -2.36. The van der Waals surface area contributed by atoms with Gasteiger partial charge in [0, 0.05) is 23.7 Å². The molecule has 1 fully saturated rings. The average molecular weight is 313 g/mol. The van der Waals surface area contributed by atoms with Gasteiger partial charge in [-0.15, -0.1) is 0 Å². The third-order valence-corrected chi connectivity index (χ3v) is 3.65. The lowest BCUT2D eigenvalue weighted by atomic mass is 10.2. The first-order chi connectivity index (χ1) is 9.45. The Morgan fingerprint density at radius 2 is 1.85 bits per heavy atom. The Balaban J connectivity index is 1.97. The van der Waals surface area contributed by atoms with Gasteiger partial charge in [-0.2, -0.15) is 0 Å². The summed E-state index contributed by atoms with van der Waals surface area (Å²) in [4.78, 5) is 14.0. The van der Waals surface area contributed by atoms with Crippen molar-refractivity contribution in [1.82, 2.24) is 10.2 Å². The minimum atomic E-state index is -0.224. The van der Waals surface area contributed by atoms with E-state index in [1.54, 1.807) is 24.3 Å². The third kappa shape index (κ3) is 3.91. The lowest BCUT2D eigenvalue weighted by Crippen LogP contribution is -2.52. The fourth-order valence-corrected chi connectivity index (χ4v) is 2.56. The number of morpholine rings is 1. The van der Waals surface area contributed by atoms with Crippen LogP contribution in [0.3, 0.4) is 0 Å². The van der Waals surface area contributed by atoms with Gasteiger partial charge in [0.05, 0.1) is 12.2 Å². The Kier molecular flexibility index (Phi) is 4.96. The number of nitrogens with one attached hydrogen (secondary N) is 1. The van der Waals surface area contributed by atoms with Crippen LogP contribution in [0.5, 0.6) is 0 Å². The maximum absolute atomic E-state index is 12.1. The molecule has 1 amide bonds. The summed E-state index contributed by atoms with van der Waals surface area (Å²) in [5.74, 6) is -0.224. The normalized spacial score (nSPS) is 22.4. The fraction of sp³-hybridized carbons (Fsp3) is 0.429. The van der Waals surface area contributed by atoms with Crippen LogP contribution in [0.4, 0.5) is 0 Å². The van der Waals surface area contributed by atoms with Gasteiger partial charge in [0.1, 0.15) is 0 Å². The number of hydrogen-bond donors (Lipinski definition) is 1. The van der Waals surface area contributed by atoms with Crippen molar-refractivity contribution < 1.29 is 9.53 Å². The van der Waals surface area contributed by atoms with Crippen molar-refractivity contribution >= 4 is 34.8 Å². The molecule has 0 aromatic heterocycles. The van der Waals surface area contributed by atoms with E-state index in [9.17, 15) is 4.79 Å². The molecule has 1 N–H and O–H groups in total. The van der Waals surface area contributed by atoms with Crippen molar-refractivity contribution in [1.29, 1.82) is 0 Å². The van der Waals surface area contributed by atoms with E-state index in [-0.39, 0.29) is 18.1 Å². The third-order valence-electron chi connectivity index (χ3n) is 3.03. The van der Waals surface area contributed by atoms with Gasteiger partial charge in [-0.3, -0.25) is 10.1 Å². The number of ether oxygens (including phenoxy) is 1. The standard InChI is InChI=1S/C14H17ClN2O2S/c1-9-7-17(8-10(2)19-9)14(20)16-13(18)11-3-5-12(15)6-4-11/h3-6,9-10H,7-8H2,1-2H3,(H,16,18,20)/t9-,10-/m0/s1. The van der Waals surface area contributed by atoms with Crippen LogP contribution in [0.1, 0.15) is 24.2 Å². The maximum atomic E-state index is 12.1. The van der Waals surface area contributed by atoms with Crippen LogP contribution in [-0.2, 0) is 4.74 Å². The Bertz CT molecular complexity index is 496. The first-order valence-electron chi connectivity index (χ1n) is 6.47. The number of nitrogens with zero attached hydrogens (tertiary/aromatic N) is 1. The Hall–Kier alpha value is -1.17. The van der Waals surface area contributed by atoms with Gasteiger partial charge in [-0.1, -0.05) is 11.6 Å². The maximum Gasteiger partial charge on any atom is 0.257 e. The second kappa shape index (κ2) is 6.52. The molecule has 2 atom stereocenters. The smallest absolute Gasteiger partial charge is 0.257 e. The largest absolute Gasteiger partial charge is 0.372 e. The van der Waals surface area contributed by atoms with E-state index in [2.05, 4.69) is 5.32 Å². The number of amides is 1. The van der Waals surface area contributed by atoms with E-state index in [4.69, 9.17) is 28.6 Å². The second-order valence-electron chi connectivity index (χ2n) is 4.93. The molecule has 0 radical (unpaired) electrons. The molecule has 6 heteroatoms. The molecule has 2 rings (SSSR count). The van der Waals surface area contributed by atoms with Crippen molar-refractivity contribution in [2.75, 3.05) is 13.1 Å². The van der Waals surface area contributed by atoms with Crippen LogP contribution in [0.2, 0.25) is 5.02 Å². The molecule has 0 aliphatic carbocycles. The topological polar surface area (TPSA) is 41.6 Å². The van der Waals surface area contributed by atoms with Crippen LogP contribution in [0, 0.1) is 0 Å². The number of thiocarbonyl (C=S) groups is 1. The molecule has 20 heavy (non-hydrogen) atoms. The lowest BCUT2D eigenvalue weighted by molar-refractivity contribution is -0.0481. The summed E-state index contributed by atoms with van der Waals surface area (Å²) in [6.45, 7) is 5.35. The zero-order chi connectivity index (χ0) is 14.7. The molecule has 1 aromatic carbocycles. The van der Waals surface area contributed by atoms with Crippen molar-refractivity contribution in [3.8, 4) is 0 Å². The van der Waals surface area contributed by atoms with Gasteiger partial charge in [0.2, 0.25) is 0 Å². The summed E-state index contributed by atoms with van der Waals surface area (Å²) in [7, 11) is 0. The quantitative estimate of drug-likeness (QED) is 0.809. The molecule has 1 saturated heterocycles. The van der Waals surface area contributed by atoms with Crippen LogP contribution >= 0.6 is 23.8 Å². The molecule has 1 aliphatic heterocycles. The molecule has 0 saturated carbocycles. The minimum absolute atomic E-state index is 0.101. The Morgan fingerprint density at radius 3 is 2.40 bits per heavy atom. The summed E-state index contributed by atoms with van der Waals surface area (Å²) in [6.07, 6.45) is 0.202. The van der Waals surface area contributed by atoms with E-state index in [1.165, 1.54) is 0 Å². The first-order valence-corrected chi connectivity index (χ1v) is 7.25. The molecule has 0 unspecified atom stereocenters. The van der Waals surface area contributed by atoms with E-state index < -0.39 is 0 Å². The molecule has 1 aliphatic rings. The summed E-state index contributed by atoms with van der Waals surface area (Å²) < 4.78 is 5.64. The molecular weight excluding hydrogens is 296 g/mol. The predicted molar refractivity (Wildman–Crippen MR) is 83.1 cm³/mol. The summed E-state index contributed by atoms with van der Waals surface area (Å²) in [6, 6.07) is 6.70. The van der Waals surface area contributed by atoms with Gasteiger partial charge >= 0.3 is 0 Å². The van der Waals surface area contributed by atoms with Gasteiger partial charge in [0.25, 0.3) is 5.91 Å². The number of halogens is 1. The van der Waals surface area contributed by atoms with Gasteiger partial charge in [-0.05, 0) is 50.3 Å². The zero-order valence-corrected chi connectivity index (χ0v) is 13.0. The second-order valence-corrected chi connectivity index (χ2v) is 5.75. The van der Waals surface area contributed by atoms with Crippen molar-refractivity contribution in [3.63, 3.8) is 0 Å². The molecule has 4 nitrogen and oxygen atoms in total. The van der Waals surface area contributed by atoms with Gasteiger partial charge < -0.3 is 9.64 Å². The SMILES string of the molecule is C[C@H]1CN(C(=S)NC(=O)c2ccc(Cl)cc2)C[C@H](C)O1. The van der Waals surface area contributed by atoms with E-state index in [1.807, 2.05) is 18.7 Å². The Morgan fingerprint density at radius 1 is 1.30 bits per heavy atom. The van der Waals surface area contributed by atoms with Gasteiger partial charge in [-0.25, -0.2) is 0 Å². The van der Waals surface area contributed by atoms with E-state index in [0.29, 0.717) is 28.8 Å². The fourth-order valence-electron chi connectivity index (χ4n) is 2.19. The number of benzene rings is 1. The van der Waals surface area contributed by atoms with Crippen LogP contribution in [0.25, 0.3) is 0 Å². The van der Waals surface area contributed by atoms with Crippen molar-refractivity contribution in [3.05, 3.63) is 34.9 Å². The highest BCUT2D eigenvalue weighted by atomic mass is 35.5. The monoisotopic (exact) mass is 312 g/mol. The zero-order valence-electron chi connectivity index (χ0n) is 11.4. The minimum Gasteiger partial charge on any atom is -0.372 e. The summed E-state index contributed by atoms with van der Waals surface area (Å²) in [5.41, 5.74) is 0.533. The van der Waals surface area contributed by atoms with Gasteiger partial charge in [0.15, 0.2) is 5.11 Å². The number of carbonyl (C=O) groups excluding carboxylic acids is 1. The number of rotatable bonds is 1. The number of hydrogen-bond acceptors (Lipinski definition) is 3. The van der Waals surface area contributed by atoms with Crippen molar-refractivity contribution in [2.45, 2.75) is 26.1 Å². The van der Waals surface area contributed by atoms with Crippen molar-refractivity contribution in [2.24, 2.45) is 0 Å². The molecule has 108 valence electrons. The molecule has 0 bridgehead atoms. The first kappa shape index (κ1) is 15.2.